The van der Waals surface area contributed by atoms with E-state index in [1.54, 1.807) is 0 Å². The number of carbonyl (C=O) groups is 1. The highest BCUT2D eigenvalue weighted by molar-refractivity contribution is 5.80. The third-order valence-electron chi connectivity index (χ3n) is 5.75. The van der Waals surface area contributed by atoms with E-state index in [-0.39, 0.29) is 5.92 Å². The molecule has 0 aromatic heterocycles. The summed E-state index contributed by atoms with van der Waals surface area (Å²) < 4.78 is 0. The summed E-state index contributed by atoms with van der Waals surface area (Å²) in [4.78, 5) is 12.2. The number of nitrogens with one attached hydrogen (secondary N) is 2. The van der Waals surface area contributed by atoms with Crippen molar-refractivity contribution in [2.45, 2.75) is 70.4 Å². The van der Waals surface area contributed by atoms with Gasteiger partial charge in [0.25, 0.3) is 0 Å². The van der Waals surface area contributed by atoms with Crippen LogP contribution in [-0.2, 0) is 4.79 Å². The monoisotopic (exact) mass is 264 g/mol. The fourth-order valence-corrected chi connectivity index (χ4v) is 4.33. The molecule has 2 heterocycles. The summed E-state index contributed by atoms with van der Waals surface area (Å²) in [6, 6.07) is 1.10. The van der Waals surface area contributed by atoms with Crippen LogP contribution < -0.4 is 10.6 Å². The minimum Gasteiger partial charge on any atom is -0.356 e. The molecule has 0 aromatic rings. The number of fused-ring (bicyclic) bond motifs is 2. The van der Waals surface area contributed by atoms with Crippen molar-refractivity contribution >= 4 is 5.91 Å². The Morgan fingerprint density at radius 3 is 2.42 bits per heavy atom. The molecule has 3 unspecified atom stereocenters. The molecular weight excluding hydrogens is 236 g/mol. The summed E-state index contributed by atoms with van der Waals surface area (Å²) in [5.74, 6) is 2.25. The average molecular weight is 264 g/mol. The molecule has 0 radical (unpaired) electrons. The van der Waals surface area contributed by atoms with Gasteiger partial charge in [-0.2, -0.15) is 0 Å². The zero-order chi connectivity index (χ0) is 13.2. The molecule has 3 rings (SSSR count). The van der Waals surface area contributed by atoms with Crippen molar-refractivity contribution in [2.75, 3.05) is 6.54 Å². The van der Waals surface area contributed by atoms with Gasteiger partial charge < -0.3 is 10.6 Å². The summed E-state index contributed by atoms with van der Waals surface area (Å²) in [5.41, 5.74) is 0. The third kappa shape index (κ3) is 2.96. The Hall–Kier alpha value is -0.570. The van der Waals surface area contributed by atoms with Crippen molar-refractivity contribution < 1.29 is 4.79 Å². The highest BCUT2D eigenvalue weighted by Crippen LogP contribution is 2.34. The molecule has 1 amide bonds. The van der Waals surface area contributed by atoms with Crippen molar-refractivity contribution in [3.8, 4) is 0 Å². The summed E-state index contributed by atoms with van der Waals surface area (Å²) in [6.07, 6.45) is 10.2. The smallest absolute Gasteiger partial charge is 0.224 e. The Kier molecular flexibility index (Phi) is 4.11. The van der Waals surface area contributed by atoms with E-state index in [1.165, 1.54) is 44.9 Å². The predicted molar refractivity (Wildman–Crippen MR) is 76.8 cm³/mol. The number of amides is 1. The van der Waals surface area contributed by atoms with Gasteiger partial charge in [-0.05, 0) is 43.9 Å². The first-order valence-corrected chi connectivity index (χ1v) is 8.30. The maximum Gasteiger partial charge on any atom is 0.224 e. The Bertz CT molecular complexity index is 323. The molecule has 2 bridgehead atoms. The van der Waals surface area contributed by atoms with Gasteiger partial charge in [0, 0.05) is 18.6 Å². The molecule has 1 saturated carbocycles. The molecule has 3 heteroatoms. The topological polar surface area (TPSA) is 41.1 Å². The molecule has 3 fully saturated rings. The van der Waals surface area contributed by atoms with Gasteiger partial charge in [-0.1, -0.05) is 26.2 Å². The second-order valence-corrected chi connectivity index (χ2v) is 6.93. The van der Waals surface area contributed by atoms with Crippen molar-refractivity contribution in [1.29, 1.82) is 0 Å². The van der Waals surface area contributed by atoms with Gasteiger partial charge in [0.2, 0.25) is 5.91 Å². The van der Waals surface area contributed by atoms with Gasteiger partial charge in [-0.15, -0.1) is 0 Å². The number of hydrogen-bond donors (Lipinski definition) is 2. The zero-order valence-corrected chi connectivity index (χ0v) is 12.2. The van der Waals surface area contributed by atoms with Gasteiger partial charge in [0.15, 0.2) is 0 Å². The van der Waals surface area contributed by atoms with Crippen molar-refractivity contribution in [3.63, 3.8) is 0 Å². The van der Waals surface area contributed by atoms with Crippen LogP contribution >= 0.6 is 0 Å². The second-order valence-electron chi connectivity index (χ2n) is 6.93. The number of hydrogen-bond acceptors (Lipinski definition) is 2. The Labute approximate surface area is 116 Å². The highest BCUT2D eigenvalue weighted by Gasteiger charge is 2.42. The van der Waals surface area contributed by atoms with Crippen LogP contribution in [0.4, 0.5) is 0 Å². The van der Waals surface area contributed by atoms with Crippen LogP contribution in [-0.4, -0.2) is 24.5 Å². The van der Waals surface area contributed by atoms with Gasteiger partial charge in [-0.25, -0.2) is 0 Å². The Balaban J connectivity index is 1.39. The standard InChI is InChI=1S/C16H28N2O/c1-2-11-3-5-12(6-4-11)10-17-16(19)14-9-13-7-8-15(14)18-13/h11-15,18H,2-10H2,1H3,(H,17,19). The van der Waals surface area contributed by atoms with Crippen LogP contribution in [0.3, 0.4) is 0 Å². The van der Waals surface area contributed by atoms with Crippen LogP contribution in [0.1, 0.15) is 58.3 Å². The van der Waals surface area contributed by atoms with E-state index in [0.29, 0.717) is 18.0 Å². The third-order valence-corrected chi connectivity index (χ3v) is 5.75. The maximum absolute atomic E-state index is 12.2. The van der Waals surface area contributed by atoms with Gasteiger partial charge in [0.05, 0.1) is 5.92 Å². The normalized spacial score (nSPS) is 41.4. The molecule has 3 nitrogen and oxygen atoms in total. The van der Waals surface area contributed by atoms with Gasteiger partial charge in [0.1, 0.15) is 0 Å². The zero-order valence-electron chi connectivity index (χ0n) is 12.2. The molecule has 0 spiro atoms. The van der Waals surface area contributed by atoms with E-state index in [2.05, 4.69) is 17.6 Å². The van der Waals surface area contributed by atoms with Crippen molar-refractivity contribution in [2.24, 2.45) is 17.8 Å². The summed E-state index contributed by atoms with van der Waals surface area (Å²) in [5, 5.41) is 6.78. The molecule has 3 atom stereocenters. The maximum atomic E-state index is 12.2. The Morgan fingerprint density at radius 2 is 1.84 bits per heavy atom. The van der Waals surface area contributed by atoms with Crippen LogP contribution in [0.2, 0.25) is 0 Å². The van der Waals surface area contributed by atoms with E-state index in [9.17, 15) is 4.79 Å². The highest BCUT2D eigenvalue weighted by atomic mass is 16.1. The summed E-state index contributed by atoms with van der Waals surface area (Å²) >= 11 is 0. The minimum absolute atomic E-state index is 0.255. The molecule has 108 valence electrons. The lowest BCUT2D eigenvalue weighted by Crippen LogP contribution is -2.40. The molecule has 0 aromatic carbocycles. The minimum atomic E-state index is 0.255. The molecule has 3 aliphatic rings. The molecule has 2 N–H and O–H groups in total. The summed E-state index contributed by atoms with van der Waals surface area (Å²) in [7, 11) is 0. The first-order chi connectivity index (χ1) is 9.26. The van der Waals surface area contributed by atoms with Crippen LogP contribution in [0.25, 0.3) is 0 Å². The molecule has 2 aliphatic heterocycles. The van der Waals surface area contributed by atoms with Gasteiger partial charge in [-0.3, -0.25) is 4.79 Å². The van der Waals surface area contributed by atoms with Crippen LogP contribution in [0, 0.1) is 17.8 Å². The lowest BCUT2D eigenvalue weighted by Gasteiger charge is -2.28. The Morgan fingerprint density at radius 1 is 1.11 bits per heavy atom. The SMILES string of the molecule is CCC1CCC(CNC(=O)C2CC3CCC2N3)CC1. The van der Waals surface area contributed by atoms with Crippen molar-refractivity contribution in [3.05, 3.63) is 0 Å². The number of rotatable bonds is 4. The fraction of sp³-hybridized carbons (Fsp3) is 0.938. The van der Waals surface area contributed by atoms with E-state index in [1.807, 2.05) is 0 Å². The van der Waals surface area contributed by atoms with Gasteiger partial charge >= 0.3 is 0 Å². The first kappa shape index (κ1) is 13.4. The fourth-order valence-electron chi connectivity index (χ4n) is 4.33. The van der Waals surface area contributed by atoms with E-state index in [0.717, 1.165) is 24.8 Å². The van der Waals surface area contributed by atoms with Crippen LogP contribution in [0.5, 0.6) is 0 Å². The first-order valence-electron chi connectivity index (χ1n) is 8.30. The van der Waals surface area contributed by atoms with E-state index in [4.69, 9.17) is 0 Å². The lowest BCUT2D eigenvalue weighted by atomic mass is 9.80. The molecule has 19 heavy (non-hydrogen) atoms. The summed E-state index contributed by atoms with van der Waals surface area (Å²) in [6.45, 7) is 3.22. The van der Waals surface area contributed by atoms with Crippen LogP contribution in [0.15, 0.2) is 0 Å². The quantitative estimate of drug-likeness (QED) is 0.819. The molecule has 1 aliphatic carbocycles. The van der Waals surface area contributed by atoms with Crippen molar-refractivity contribution in [1.82, 2.24) is 10.6 Å². The van der Waals surface area contributed by atoms with E-state index < -0.39 is 0 Å². The lowest BCUT2D eigenvalue weighted by molar-refractivity contribution is -0.125. The number of carbonyl (C=O) groups excluding carboxylic acids is 1. The van der Waals surface area contributed by atoms with E-state index >= 15 is 0 Å². The molecular formula is C16H28N2O. The molecule has 2 saturated heterocycles. The second kappa shape index (κ2) is 5.82. The predicted octanol–water partition coefficient (Wildman–Crippen LogP) is 2.46. The average Bonchev–Trinajstić information content (AvgIpc) is 3.08. The largest absolute Gasteiger partial charge is 0.356 e.